The van der Waals surface area contributed by atoms with Crippen LogP contribution in [-0.4, -0.2) is 54.1 Å². The van der Waals surface area contributed by atoms with Gasteiger partial charge in [-0.05, 0) is 42.4 Å². The number of aliphatic hydroxyl groups is 1. The summed E-state index contributed by atoms with van der Waals surface area (Å²) >= 11 is 0. The average Bonchev–Trinajstić information content (AvgIpc) is 3.00. The van der Waals surface area contributed by atoms with Crippen LogP contribution in [0.4, 0.5) is 5.69 Å². The topological polar surface area (TPSA) is 151 Å². The molecule has 0 saturated carbocycles. The molecule has 4 N–H and O–H groups in total. The molecular weight excluding hydrogens is 479 g/mol. The SMILES string of the molecule is CC(C)(C)CC[N+]1([O-])CC(C2=NP(=O)(O)c3cc(CCCCCS(C)(=O)=O)ccc3N2)=C(O)N1. The number of fused-ring (bicyclic) bond motifs is 1. The molecule has 0 saturated heterocycles. The van der Waals surface area contributed by atoms with E-state index >= 15 is 0 Å². The van der Waals surface area contributed by atoms with Crippen molar-refractivity contribution in [1.82, 2.24) is 5.43 Å². The number of unbranched alkanes of at least 4 members (excludes halogenated alkanes) is 2. The van der Waals surface area contributed by atoms with Gasteiger partial charge in [0.2, 0.25) is 5.88 Å². The lowest BCUT2D eigenvalue weighted by Gasteiger charge is -2.39. The van der Waals surface area contributed by atoms with Gasteiger partial charge in [0, 0.05) is 18.4 Å². The zero-order valence-corrected chi connectivity index (χ0v) is 21.9. The molecule has 1 aromatic rings. The number of nitrogens with one attached hydrogen (secondary N) is 2. The highest BCUT2D eigenvalue weighted by Gasteiger charge is 2.39. The third kappa shape index (κ3) is 7.05. The molecular formula is C22H35N4O6PS. The molecule has 190 valence electrons. The van der Waals surface area contributed by atoms with Crippen LogP contribution in [0.2, 0.25) is 0 Å². The maximum Gasteiger partial charge on any atom is 0.346 e. The van der Waals surface area contributed by atoms with E-state index in [4.69, 9.17) is 0 Å². The second-order valence-electron chi connectivity index (χ2n) is 10.4. The quantitative estimate of drug-likeness (QED) is 0.170. The summed E-state index contributed by atoms with van der Waals surface area (Å²) < 4.78 is 38.6. The summed E-state index contributed by atoms with van der Waals surface area (Å²) in [4.78, 5) is 10.7. The number of benzene rings is 1. The highest BCUT2D eigenvalue weighted by atomic mass is 32.2. The molecule has 2 atom stereocenters. The molecule has 2 heterocycles. The number of hydrogen-bond acceptors (Lipinski definition) is 7. The highest BCUT2D eigenvalue weighted by molar-refractivity contribution is 7.90. The lowest BCUT2D eigenvalue weighted by Crippen LogP contribution is -2.50. The maximum absolute atomic E-state index is 13.0. The zero-order chi connectivity index (χ0) is 25.4. The molecule has 0 bridgehead atoms. The smallest absolute Gasteiger partial charge is 0.346 e. The second-order valence-corrected chi connectivity index (χ2v) is 14.5. The predicted molar refractivity (Wildman–Crippen MR) is 134 cm³/mol. The van der Waals surface area contributed by atoms with Crippen molar-refractivity contribution < 1.29 is 27.7 Å². The Morgan fingerprint density at radius 1 is 1.24 bits per heavy atom. The molecule has 0 spiro atoms. The number of sulfone groups is 1. The van der Waals surface area contributed by atoms with Crippen molar-refractivity contribution >= 4 is 34.2 Å². The average molecular weight is 515 g/mol. The standard InChI is InChI=1S/C22H35N4O6PS/c1-22(2,3)11-12-26(28)15-17(21(27)24-26)20-23-18-10-9-16(14-19(18)33(29,30)25-20)8-6-5-7-13-34(4,31)32/h9-10,14,24,27H,5-8,11-13,15H2,1-4H3,(H2,23,25,29,30). The lowest BCUT2D eigenvalue weighted by atomic mass is 9.92. The monoisotopic (exact) mass is 514 g/mol. The first kappa shape index (κ1) is 26.7. The molecule has 34 heavy (non-hydrogen) atoms. The molecule has 2 aliphatic heterocycles. The Hall–Kier alpha value is -1.91. The number of hydroxylamine groups is 2. The zero-order valence-electron chi connectivity index (χ0n) is 20.2. The van der Waals surface area contributed by atoms with E-state index in [9.17, 15) is 28.2 Å². The van der Waals surface area contributed by atoms with Crippen LogP contribution in [0, 0.1) is 10.6 Å². The lowest BCUT2D eigenvalue weighted by molar-refractivity contribution is -0.911. The molecule has 12 heteroatoms. The number of aryl methyl sites for hydroxylation is 1. The van der Waals surface area contributed by atoms with Crippen molar-refractivity contribution in [2.75, 3.05) is 30.4 Å². The van der Waals surface area contributed by atoms with Gasteiger partial charge in [-0.2, -0.15) is 4.76 Å². The Morgan fingerprint density at radius 3 is 2.59 bits per heavy atom. The van der Waals surface area contributed by atoms with Crippen LogP contribution in [0.15, 0.2) is 34.4 Å². The fourth-order valence-corrected chi connectivity index (χ4v) is 5.95. The minimum atomic E-state index is -4.13. The van der Waals surface area contributed by atoms with Gasteiger partial charge in [-0.15, -0.1) is 0 Å². The van der Waals surface area contributed by atoms with E-state index in [-0.39, 0.29) is 46.9 Å². The van der Waals surface area contributed by atoms with Crippen molar-refractivity contribution in [3.63, 3.8) is 0 Å². The van der Waals surface area contributed by atoms with Crippen LogP contribution in [0.3, 0.4) is 0 Å². The number of aliphatic hydroxyl groups excluding tert-OH is 1. The first-order valence-electron chi connectivity index (χ1n) is 11.4. The predicted octanol–water partition coefficient (Wildman–Crippen LogP) is 3.12. The van der Waals surface area contributed by atoms with Crippen molar-refractivity contribution in [3.8, 4) is 0 Å². The van der Waals surface area contributed by atoms with Gasteiger partial charge in [0.1, 0.15) is 34.3 Å². The number of rotatable bonds is 9. The molecule has 0 fully saturated rings. The summed E-state index contributed by atoms with van der Waals surface area (Å²) in [6.45, 7) is 6.19. The highest BCUT2D eigenvalue weighted by Crippen LogP contribution is 2.47. The van der Waals surface area contributed by atoms with Gasteiger partial charge in [-0.1, -0.05) is 33.3 Å². The summed E-state index contributed by atoms with van der Waals surface area (Å²) in [5.41, 5.74) is 3.93. The molecule has 1 aromatic carbocycles. The Bertz CT molecular complexity index is 1160. The third-order valence-corrected chi connectivity index (χ3v) is 8.36. The van der Waals surface area contributed by atoms with Crippen LogP contribution < -0.4 is 16.0 Å². The minimum absolute atomic E-state index is 0.0171. The van der Waals surface area contributed by atoms with Crippen LogP contribution >= 0.6 is 7.52 Å². The second kappa shape index (κ2) is 9.62. The van der Waals surface area contributed by atoms with Crippen molar-refractivity contribution in [1.29, 1.82) is 0 Å². The summed E-state index contributed by atoms with van der Waals surface area (Å²) in [5.74, 6) is -0.172. The molecule has 0 aliphatic carbocycles. The summed E-state index contributed by atoms with van der Waals surface area (Å²) in [5, 5.41) is 26.6. The number of nitrogens with zero attached hydrogens (tertiary/aromatic N) is 2. The molecule has 2 unspecified atom stereocenters. The van der Waals surface area contributed by atoms with Crippen molar-refractivity contribution in [2.45, 2.75) is 52.9 Å². The van der Waals surface area contributed by atoms with Crippen LogP contribution in [0.25, 0.3) is 0 Å². The van der Waals surface area contributed by atoms with Gasteiger partial charge in [0.05, 0.1) is 11.0 Å². The summed E-state index contributed by atoms with van der Waals surface area (Å²) in [6.07, 6.45) is 4.58. The van der Waals surface area contributed by atoms with Gasteiger partial charge < -0.3 is 20.5 Å². The molecule has 0 amide bonds. The Balaban J connectivity index is 1.69. The molecule has 10 nitrogen and oxygen atoms in total. The number of hydrogen-bond donors (Lipinski definition) is 4. The number of amidine groups is 1. The van der Waals surface area contributed by atoms with Gasteiger partial charge in [0.25, 0.3) is 0 Å². The Kier molecular flexibility index (Phi) is 7.55. The molecule has 3 rings (SSSR count). The number of anilines is 1. The van der Waals surface area contributed by atoms with E-state index in [0.717, 1.165) is 18.4 Å². The van der Waals surface area contributed by atoms with Gasteiger partial charge >= 0.3 is 7.52 Å². The van der Waals surface area contributed by atoms with E-state index in [1.54, 1.807) is 12.1 Å². The van der Waals surface area contributed by atoms with Gasteiger partial charge in [-0.3, -0.25) is 9.32 Å². The van der Waals surface area contributed by atoms with Crippen LogP contribution in [0.1, 0.15) is 52.0 Å². The fraction of sp³-hybridized carbons (Fsp3) is 0.591. The number of quaternary nitrogens is 1. The molecule has 2 aliphatic rings. The Morgan fingerprint density at radius 2 is 1.94 bits per heavy atom. The van der Waals surface area contributed by atoms with E-state index in [0.29, 0.717) is 24.9 Å². The van der Waals surface area contributed by atoms with Gasteiger partial charge in [-0.25, -0.2) is 13.8 Å². The normalized spacial score (nSPS) is 24.9. The molecule has 0 radical (unpaired) electrons. The van der Waals surface area contributed by atoms with Gasteiger partial charge in [0.15, 0.2) is 0 Å². The minimum Gasteiger partial charge on any atom is -0.606 e. The van der Waals surface area contributed by atoms with Crippen molar-refractivity contribution in [2.24, 2.45) is 10.2 Å². The fourth-order valence-electron chi connectivity index (χ4n) is 3.90. The third-order valence-electron chi connectivity index (χ3n) is 5.86. The van der Waals surface area contributed by atoms with Crippen molar-refractivity contribution in [3.05, 3.63) is 40.4 Å². The first-order valence-corrected chi connectivity index (χ1v) is 15.0. The summed E-state index contributed by atoms with van der Waals surface area (Å²) in [7, 11) is -7.10. The van der Waals surface area contributed by atoms with E-state index in [1.165, 1.54) is 6.26 Å². The van der Waals surface area contributed by atoms with Crippen LogP contribution in [0.5, 0.6) is 0 Å². The van der Waals surface area contributed by atoms with E-state index in [1.807, 2.05) is 26.8 Å². The molecule has 0 aromatic heterocycles. The largest absolute Gasteiger partial charge is 0.606 e. The maximum atomic E-state index is 13.0. The van der Waals surface area contributed by atoms with Crippen LogP contribution in [-0.2, 0) is 20.8 Å². The Labute approximate surface area is 201 Å². The van der Waals surface area contributed by atoms with E-state index < -0.39 is 22.1 Å². The first-order chi connectivity index (χ1) is 15.6. The summed E-state index contributed by atoms with van der Waals surface area (Å²) in [6, 6.07) is 5.17. The van der Waals surface area contributed by atoms with E-state index in [2.05, 4.69) is 15.5 Å².